The molecule has 0 saturated heterocycles. The molecule has 0 bridgehead atoms. The first-order valence-corrected chi connectivity index (χ1v) is 3.96. The van der Waals surface area contributed by atoms with Crippen molar-refractivity contribution in [2.75, 3.05) is 6.54 Å². The van der Waals surface area contributed by atoms with Crippen LogP contribution in [0.1, 0.15) is 20.8 Å². The Hall–Kier alpha value is 0.0700. The van der Waals surface area contributed by atoms with Crippen LogP contribution in [0.15, 0.2) is 9.98 Å². The van der Waals surface area contributed by atoms with E-state index in [1.54, 1.807) is 0 Å². The minimum atomic E-state index is 0.819. The number of aliphatic imine (C=N–C) groups is 2. The minimum Gasteiger partial charge on any atom is -0.271 e. The summed E-state index contributed by atoms with van der Waals surface area (Å²) in [7, 11) is 0. The van der Waals surface area contributed by atoms with E-state index in [0.717, 1.165) is 16.1 Å². The van der Waals surface area contributed by atoms with Crippen molar-refractivity contribution in [3.05, 3.63) is 0 Å². The number of amidine groups is 1. The first-order valence-electron chi connectivity index (χ1n) is 2.88. The topological polar surface area (TPSA) is 24.7 Å². The predicted octanol–water partition coefficient (Wildman–Crippen LogP) is 2.28. The molecule has 0 rings (SSSR count). The van der Waals surface area contributed by atoms with Gasteiger partial charge in [-0.2, -0.15) is 0 Å². The van der Waals surface area contributed by atoms with Crippen LogP contribution in [0, 0.1) is 0 Å². The number of halogens is 1. The Bertz CT molecular complexity index is 134. The molecule has 0 fully saturated rings. The molecule has 0 aliphatic carbocycles. The Morgan fingerprint density at radius 2 is 2.00 bits per heavy atom. The lowest BCUT2D eigenvalue weighted by Gasteiger charge is -1.89. The Morgan fingerprint density at radius 3 is 2.33 bits per heavy atom. The van der Waals surface area contributed by atoms with Crippen molar-refractivity contribution in [1.29, 1.82) is 0 Å². The van der Waals surface area contributed by atoms with Crippen LogP contribution in [0.25, 0.3) is 0 Å². The molecule has 2 nitrogen and oxygen atoms in total. The largest absolute Gasteiger partial charge is 0.271 e. The summed E-state index contributed by atoms with van der Waals surface area (Å²) in [6, 6.07) is 0. The average Bonchev–Trinajstić information content (AvgIpc) is 1.63. The Balaban J connectivity index is 3.90. The van der Waals surface area contributed by atoms with Crippen molar-refractivity contribution in [2.45, 2.75) is 20.8 Å². The normalized spacial score (nSPS) is 14.2. The predicted molar refractivity (Wildman–Crippen MR) is 50.8 cm³/mol. The van der Waals surface area contributed by atoms with Crippen LogP contribution in [-0.2, 0) is 0 Å². The van der Waals surface area contributed by atoms with Gasteiger partial charge in [0.05, 0.1) is 3.72 Å². The van der Waals surface area contributed by atoms with E-state index in [2.05, 4.69) is 32.6 Å². The second-order valence-corrected chi connectivity index (χ2v) is 3.19. The van der Waals surface area contributed by atoms with Crippen LogP contribution in [-0.4, -0.2) is 16.1 Å². The molecule has 0 atom stereocenters. The first-order chi connectivity index (χ1) is 4.16. The maximum atomic E-state index is 4.12. The van der Waals surface area contributed by atoms with Crippen molar-refractivity contribution in [2.24, 2.45) is 9.98 Å². The van der Waals surface area contributed by atoms with Gasteiger partial charge in [0.15, 0.2) is 0 Å². The summed E-state index contributed by atoms with van der Waals surface area (Å²) >= 11 is 2.17. The summed E-state index contributed by atoms with van der Waals surface area (Å²) in [5, 5.41) is 0. The standard InChI is InChI=1S/C6H11IN2/c1-4-8-6(3)9-5(2)7/h4H2,1-3H3/b8-6-,9-5+. The van der Waals surface area contributed by atoms with Gasteiger partial charge < -0.3 is 0 Å². The van der Waals surface area contributed by atoms with Crippen LogP contribution in [0.2, 0.25) is 0 Å². The molecule has 0 radical (unpaired) electrons. The van der Waals surface area contributed by atoms with Crippen LogP contribution in [0.4, 0.5) is 0 Å². The van der Waals surface area contributed by atoms with Gasteiger partial charge in [-0.25, -0.2) is 4.99 Å². The Labute approximate surface area is 69.6 Å². The van der Waals surface area contributed by atoms with Gasteiger partial charge in [-0.3, -0.25) is 4.99 Å². The van der Waals surface area contributed by atoms with Crippen molar-refractivity contribution in [3.8, 4) is 0 Å². The molecule has 0 heterocycles. The number of rotatable bonds is 1. The van der Waals surface area contributed by atoms with Crippen LogP contribution >= 0.6 is 22.6 Å². The van der Waals surface area contributed by atoms with Gasteiger partial charge in [0, 0.05) is 6.54 Å². The lowest BCUT2D eigenvalue weighted by Crippen LogP contribution is -1.89. The molecular formula is C6H11IN2. The highest BCUT2D eigenvalue weighted by Gasteiger charge is 1.83. The van der Waals surface area contributed by atoms with Gasteiger partial charge in [-0.05, 0) is 43.4 Å². The van der Waals surface area contributed by atoms with E-state index >= 15 is 0 Å². The van der Waals surface area contributed by atoms with Crippen LogP contribution < -0.4 is 0 Å². The molecule has 0 aliphatic heterocycles. The van der Waals surface area contributed by atoms with Crippen molar-refractivity contribution in [1.82, 2.24) is 0 Å². The van der Waals surface area contributed by atoms with E-state index in [9.17, 15) is 0 Å². The molecule has 0 N–H and O–H groups in total. The second-order valence-electron chi connectivity index (χ2n) is 1.63. The smallest absolute Gasteiger partial charge is 0.120 e. The van der Waals surface area contributed by atoms with Crippen LogP contribution in [0.3, 0.4) is 0 Å². The SMILES string of the molecule is CC/N=C(C)\N=C(/C)I. The molecule has 9 heavy (non-hydrogen) atoms. The maximum absolute atomic E-state index is 4.12. The first kappa shape index (κ1) is 9.07. The van der Waals surface area contributed by atoms with Crippen molar-refractivity contribution < 1.29 is 0 Å². The highest BCUT2D eigenvalue weighted by molar-refractivity contribution is 14.1. The fraction of sp³-hybridized carbons (Fsp3) is 0.667. The van der Waals surface area contributed by atoms with E-state index in [4.69, 9.17) is 0 Å². The highest BCUT2D eigenvalue weighted by atomic mass is 127. The molecule has 0 spiro atoms. The molecule has 0 amide bonds. The Kier molecular flexibility index (Phi) is 4.94. The van der Waals surface area contributed by atoms with Gasteiger partial charge in [0.1, 0.15) is 5.84 Å². The fourth-order valence-corrected chi connectivity index (χ4v) is 0.836. The van der Waals surface area contributed by atoms with E-state index in [1.807, 2.05) is 20.8 Å². The van der Waals surface area contributed by atoms with Crippen LogP contribution in [0.5, 0.6) is 0 Å². The second kappa shape index (κ2) is 4.90. The zero-order chi connectivity index (χ0) is 7.28. The molecule has 0 unspecified atom stereocenters. The summed E-state index contributed by atoms with van der Waals surface area (Å²) < 4.78 is 1.03. The van der Waals surface area contributed by atoms with Gasteiger partial charge in [0.2, 0.25) is 0 Å². The van der Waals surface area contributed by atoms with E-state index in [1.165, 1.54) is 0 Å². The third kappa shape index (κ3) is 5.95. The molecule has 0 saturated carbocycles. The molecule has 0 aromatic rings. The summed E-state index contributed by atoms with van der Waals surface area (Å²) in [6.45, 7) is 6.68. The van der Waals surface area contributed by atoms with Crippen molar-refractivity contribution in [3.63, 3.8) is 0 Å². The summed E-state index contributed by atoms with van der Waals surface area (Å²) in [4.78, 5) is 8.21. The van der Waals surface area contributed by atoms with E-state index < -0.39 is 0 Å². The zero-order valence-corrected chi connectivity index (χ0v) is 8.14. The Morgan fingerprint density at radius 1 is 1.44 bits per heavy atom. The van der Waals surface area contributed by atoms with E-state index in [-0.39, 0.29) is 0 Å². The van der Waals surface area contributed by atoms with Gasteiger partial charge in [0.25, 0.3) is 0 Å². The molecule has 52 valence electrons. The molecule has 0 aliphatic rings. The van der Waals surface area contributed by atoms with E-state index in [0.29, 0.717) is 0 Å². The van der Waals surface area contributed by atoms with Gasteiger partial charge >= 0.3 is 0 Å². The third-order valence-corrected chi connectivity index (χ3v) is 0.944. The summed E-state index contributed by atoms with van der Waals surface area (Å²) in [5.41, 5.74) is 0. The number of hydrogen-bond donors (Lipinski definition) is 0. The summed E-state index contributed by atoms with van der Waals surface area (Å²) in [6.07, 6.45) is 0. The van der Waals surface area contributed by atoms with Crippen molar-refractivity contribution >= 4 is 32.1 Å². The molecule has 0 aromatic carbocycles. The zero-order valence-electron chi connectivity index (χ0n) is 5.98. The summed E-state index contributed by atoms with van der Waals surface area (Å²) in [5.74, 6) is 0.865. The number of nitrogens with zero attached hydrogens (tertiary/aromatic N) is 2. The lowest BCUT2D eigenvalue weighted by molar-refractivity contribution is 1.12. The monoisotopic (exact) mass is 238 g/mol. The highest BCUT2D eigenvalue weighted by Crippen LogP contribution is 1.90. The average molecular weight is 238 g/mol. The fourth-order valence-electron chi connectivity index (χ4n) is 0.487. The lowest BCUT2D eigenvalue weighted by atomic mass is 10.6. The van der Waals surface area contributed by atoms with Gasteiger partial charge in [-0.1, -0.05) is 0 Å². The quantitative estimate of drug-likeness (QED) is 0.380. The minimum absolute atomic E-state index is 0.819. The maximum Gasteiger partial charge on any atom is 0.120 e. The van der Waals surface area contributed by atoms with Gasteiger partial charge in [-0.15, -0.1) is 0 Å². The molecule has 0 aromatic heterocycles. The molecular weight excluding hydrogens is 227 g/mol. The third-order valence-electron chi connectivity index (χ3n) is 0.703. The molecule has 3 heteroatoms. The number of hydrogen-bond acceptors (Lipinski definition) is 1.